The average molecular weight is 256 g/mol. The number of rotatable bonds is 1. The van der Waals surface area contributed by atoms with Gasteiger partial charge in [-0.05, 0) is 18.2 Å². The molecule has 5 nitrogen and oxygen atoms in total. The van der Waals surface area contributed by atoms with E-state index in [1.54, 1.807) is 18.2 Å². The van der Waals surface area contributed by atoms with Crippen LogP contribution in [0.25, 0.3) is 11.4 Å². The molecule has 0 aliphatic rings. The third kappa shape index (κ3) is 2.32. The minimum Gasteiger partial charge on any atom is -0.368 e. The number of aromatic nitrogens is 3. The highest BCUT2D eigenvalue weighted by Gasteiger charge is 2.06. The average Bonchev–Trinajstić information content (AvgIpc) is 2.14. The second kappa shape index (κ2) is 4.11. The molecule has 1 aromatic carbocycles. The van der Waals surface area contributed by atoms with Gasteiger partial charge in [-0.2, -0.15) is 15.0 Å². The van der Waals surface area contributed by atoms with Gasteiger partial charge in [0.15, 0.2) is 5.82 Å². The predicted octanol–water partition coefficient (Wildman–Crippen LogP) is 2.01. The normalized spacial score (nSPS) is 10.4. The van der Waals surface area contributed by atoms with Crippen molar-refractivity contribution in [3.05, 3.63) is 28.2 Å². The highest BCUT2D eigenvalue weighted by molar-refractivity contribution is 6.35. The first-order chi connectivity index (χ1) is 7.54. The Labute approximate surface area is 101 Å². The molecular formula is C9H7Cl2N5. The van der Waals surface area contributed by atoms with Gasteiger partial charge in [0, 0.05) is 15.6 Å². The fraction of sp³-hybridized carbons (Fsp3) is 0. The number of hydrogen-bond donors (Lipinski definition) is 2. The minimum atomic E-state index is 0.0543. The van der Waals surface area contributed by atoms with Crippen LogP contribution in [0.2, 0.25) is 10.0 Å². The van der Waals surface area contributed by atoms with Crippen molar-refractivity contribution in [1.82, 2.24) is 15.0 Å². The summed E-state index contributed by atoms with van der Waals surface area (Å²) in [5, 5.41) is 0.972. The largest absolute Gasteiger partial charge is 0.368 e. The van der Waals surface area contributed by atoms with Gasteiger partial charge < -0.3 is 11.5 Å². The number of anilines is 2. The Bertz CT molecular complexity index is 453. The van der Waals surface area contributed by atoms with E-state index in [1.165, 1.54) is 0 Å². The Morgan fingerprint density at radius 3 is 1.81 bits per heavy atom. The first-order valence-electron chi connectivity index (χ1n) is 4.28. The maximum Gasteiger partial charge on any atom is 0.225 e. The lowest BCUT2D eigenvalue weighted by atomic mass is 10.2. The van der Waals surface area contributed by atoms with E-state index in [0.717, 1.165) is 0 Å². The molecule has 2 aromatic rings. The molecule has 0 saturated carbocycles. The van der Waals surface area contributed by atoms with Crippen molar-refractivity contribution in [2.45, 2.75) is 0 Å². The van der Waals surface area contributed by atoms with Gasteiger partial charge >= 0.3 is 0 Å². The highest BCUT2D eigenvalue weighted by Crippen LogP contribution is 2.25. The second-order valence-corrected chi connectivity index (χ2v) is 3.91. The van der Waals surface area contributed by atoms with Gasteiger partial charge in [0.2, 0.25) is 11.9 Å². The Balaban J connectivity index is 2.57. The van der Waals surface area contributed by atoms with Crippen LogP contribution in [-0.2, 0) is 0 Å². The van der Waals surface area contributed by atoms with Gasteiger partial charge in [0.05, 0.1) is 0 Å². The molecule has 0 fully saturated rings. The van der Waals surface area contributed by atoms with E-state index < -0.39 is 0 Å². The van der Waals surface area contributed by atoms with Gasteiger partial charge in [0.25, 0.3) is 0 Å². The van der Waals surface area contributed by atoms with E-state index in [1.807, 2.05) is 0 Å². The molecule has 1 aromatic heterocycles. The quantitative estimate of drug-likeness (QED) is 0.814. The molecular weight excluding hydrogens is 249 g/mol. The summed E-state index contributed by atoms with van der Waals surface area (Å²) in [5.74, 6) is 0.451. The molecule has 0 atom stereocenters. The van der Waals surface area contributed by atoms with Gasteiger partial charge in [-0.15, -0.1) is 0 Å². The first-order valence-corrected chi connectivity index (χ1v) is 5.03. The fourth-order valence-electron chi connectivity index (χ4n) is 1.22. The summed E-state index contributed by atoms with van der Waals surface area (Å²) >= 11 is 11.7. The summed E-state index contributed by atoms with van der Waals surface area (Å²) in [7, 11) is 0. The molecule has 1 heterocycles. The van der Waals surface area contributed by atoms with Crippen LogP contribution in [0.5, 0.6) is 0 Å². The zero-order valence-electron chi connectivity index (χ0n) is 7.98. The van der Waals surface area contributed by atoms with Crippen LogP contribution in [-0.4, -0.2) is 15.0 Å². The molecule has 16 heavy (non-hydrogen) atoms. The van der Waals surface area contributed by atoms with E-state index in [9.17, 15) is 0 Å². The monoisotopic (exact) mass is 255 g/mol. The number of nitrogens with zero attached hydrogens (tertiary/aromatic N) is 3. The molecule has 0 amide bonds. The smallest absolute Gasteiger partial charge is 0.225 e. The lowest BCUT2D eigenvalue weighted by Gasteiger charge is -2.03. The van der Waals surface area contributed by atoms with E-state index in [0.29, 0.717) is 21.4 Å². The summed E-state index contributed by atoms with van der Waals surface area (Å²) in [6, 6.07) is 4.95. The molecule has 0 aliphatic carbocycles. The zero-order valence-corrected chi connectivity index (χ0v) is 9.50. The van der Waals surface area contributed by atoms with Crippen molar-refractivity contribution in [1.29, 1.82) is 0 Å². The van der Waals surface area contributed by atoms with E-state index in [-0.39, 0.29) is 11.9 Å². The molecule has 0 radical (unpaired) electrons. The van der Waals surface area contributed by atoms with Crippen LogP contribution >= 0.6 is 23.2 Å². The van der Waals surface area contributed by atoms with Crippen molar-refractivity contribution in [3.8, 4) is 11.4 Å². The summed E-state index contributed by atoms with van der Waals surface area (Å²) < 4.78 is 0. The predicted molar refractivity (Wildman–Crippen MR) is 64.1 cm³/mol. The summed E-state index contributed by atoms with van der Waals surface area (Å²) in [5.41, 5.74) is 11.6. The Morgan fingerprint density at radius 2 is 1.31 bits per heavy atom. The third-order valence-electron chi connectivity index (χ3n) is 1.79. The minimum absolute atomic E-state index is 0.0543. The van der Waals surface area contributed by atoms with Crippen LogP contribution < -0.4 is 11.5 Å². The van der Waals surface area contributed by atoms with Gasteiger partial charge in [-0.1, -0.05) is 23.2 Å². The van der Waals surface area contributed by atoms with E-state index >= 15 is 0 Å². The molecule has 2 rings (SSSR count). The number of halogens is 2. The number of nitrogen functional groups attached to an aromatic ring is 2. The van der Waals surface area contributed by atoms with Crippen molar-refractivity contribution < 1.29 is 0 Å². The van der Waals surface area contributed by atoms with Crippen molar-refractivity contribution >= 4 is 35.1 Å². The van der Waals surface area contributed by atoms with Crippen molar-refractivity contribution in [2.75, 3.05) is 11.5 Å². The van der Waals surface area contributed by atoms with E-state index in [2.05, 4.69) is 15.0 Å². The van der Waals surface area contributed by atoms with E-state index in [4.69, 9.17) is 34.7 Å². The summed E-state index contributed by atoms with van der Waals surface area (Å²) in [6.45, 7) is 0. The zero-order chi connectivity index (χ0) is 11.7. The lowest BCUT2D eigenvalue weighted by molar-refractivity contribution is 1.09. The molecule has 0 unspecified atom stereocenters. The Kier molecular flexibility index (Phi) is 2.80. The Hall–Kier alpha value is -1.59. The third-order valence-corrected chi connectivity index (χ3v) is 2.23. The molecule has 82 valence electrons. The molecule has 0 saturated heterocycles. The molecule has 0 spiro atoms. The summed E-state index contributed by atoms with van der Waals surface area (Å²) in [4.78, 5) is 11.6. The maximum atomic E-state index is 5.86. The van der Waals surface area contributed by atoms with Gasteiger partial charge in [0.1, 0.15) is 0 Å². The Morgan fingerprint density at radius 1 is 0.812 bits per heavy atom. The lowest BCUT2D eigenvalue weighted by Crippen LogP contribution is -2.04. The summed E-state index contributed by atoms with van der Waals surface area (Å²) in [6.07, 6.45) is 0. The van der Waals surface area contributed by atoms with Crippen LogP contribution in [0.4, 0.5) is 11.9 Å². The van der Waals surface area contributed by atoms with Gasteiger partial charge in [-0.25, -0.2) is 0 Å². The van der Waals surface area contributed by atoms with Crippen LogP contribution in [0.3, 0.4) is 0 Å². The number of hydrogen-bond acceptors (Lipinski definition) is 5. The van der Waals surface area contributed by atoms with Crippen molar-refractivity contribution in [3.63, 3.8) is 0 Å². The second-order valence-electron chi connectivity index (χ2n) is 3.03. The highest BCUT2D eigenvalue weighted by atomic mass is 35.5. The molecule has 0 aliphatic heterocycles. The number of nitrogens with two attached hydrogens (primary N) is 2. The van der Waals surface area contributed by atoms with Crippen LogP contribution in [0.1, 0.15) is 0 Å². The van der Waals surface area contributed by atoms with Crippen LogP contribution in [0, 0.1) is 0 Å². The molecule has 0 bridgehead atoms. The SMILES string of the molecule is Nc1nc(N)nc(-c2cc(Cl)cc(Cl)c2)n1. The topological polar surface area (TPSA) is 90.7 Å². The molecule has 7 heteroatoms. The number of benzene rings is 1. The first kappa shape index (κ1) is 10.9. The standard InChI is InChI=1S/C9H7Cl2N5/c10-5-1-4(2-6(11)3-5)7-14-8(12)16-9(13)15-7/h1-3H,(H4,12,13,14,15,16). The fourth-order valence-corrected chi connectivity index (χ4v) is 1.75. The van der Waals surface area contributed by atoms with Gasteiger partial charge in [-0.3, -0.25) is 0 Å². The van der Waals surface area contributed by atoms with Crippen LogP contribution in [0.15, 0.2) is 18.2 Å². The maximum absolute atomic E-state index is 5.86. The van der Waals surface area contributed by atoms with Crippen molar-refractivity contribution in [2.24, 2.45) is 0 Å². The molecule has 4 N–H and O–H groups in total.